The maximum atomic E-state index is 13.9. The van der Waals surface area contributed by atoms with Crippen molar-refractivity contribution in [3.05, 3.63) is 76.0 Å². The molecule has 9 heteroatoms. The summed E-state index contributed by atoms with van der Waals surface area (Å²) in [6.45, 7) is 3.82. The molecule has 0 aliphatic heterocycles. The van der Waals surface area contributed by atoms with E-state index in [9.17, 15) is 14.4 Å². The molecule has 0 saturated carbocycles. The van der Waals surface area contributed by atoms with Crippen LogP contribution in [0, 0.1) is 31.0 Å². The number of methoxy groups -OCH3 is 1. The van der Waals surface area contributed by atoms with Crippen LogP contribution in [0.25, 0.3) is 6.08 Å². The monoisotopic (exact) mass is 452 g/mol. The Labute approximate surface area is 189 Å². The molecule has 1 N–H and O–H groups in total. The van der Waals surface area contributed by atoms with Crippen molar-refractivity contribution in [2.75, 3.05) is 12.4 Å². The molecule has 0 atom stereocenters. The van der Waals surface area contributed by atoms with E-state index in [0.717, 1.165) is 17.3 Å². The molecule has 0 bridgehead atoms. The van der Waals surface area contributed by atoms with Crippen LogP contribution in [0.1, 0.15) is 16.7 Å². The first-order valence-electron chi connectivity index (χ1n) is 9.35. The molecule has 0 aliphatic carbocycles. The minimum absolute atomic E-state index is 0.102. The molecule has 3 rings (SSSR count). The number of aromatic nitrogens is 2. The number of carbonyl (C=O) groups excluding carboxylic acids is 1. The minimum atomic E-state index is -0.796. The van der Waals surface area contributed by atoms with Crippen molar-refractivity contribution in [3.63, 3.8) is 0 Å². The highest BCUT2D eigenvalue weighted by molar-refractivity contribution is 6.28. The van der Waals surface area contributed by atoms with Crippen molar-refractivity contribution in [1.82, 2.24) is 9.97 Å². The molecule has 0 aliphatic rings. The summed E-state index contributed by atoms with van der Waals surface area (Å²) in [6.07, 6.45) is 2.30. The van der Waals surface area contributed by atoms with Gasteiger partial charge in [0.05, 0.1) is 13.3 Å². The van der Waals surface area contributed by atoms with Crippen LogP contribution in [0.3, 0.4) is 0 Å². The van der Waals surface area contributed by atoms with Crippen LogP contribution in [0.15, 0.2) is 48.2 Å². The van der Waals surface area contributed by atoms with Gasteiger partial charge in [-0.05, 0) is 60.9 Å². The predicted octanol–water partition coefficient (Wildman–Crippen LogP) is 5.23. The highest BCUT2D eigenvalue weighted by Crippen LogP contribution is 2.33. The highest BCUT2D eigenvalue weighted by Gasteiger charge is 2.15. The van der Waals surface area contributed by atoms with Gasteiger partial charge in [0.2, 0.25) is 11.1 Å². The number of halogens is 2. The second-order valence-electron chi connectivity index (χ2n) is 6.75. The lowest BCUT2D eigenvalue weighted by molar-refractivity contribution is -0.112. The van der Waals surface area contributed by atoms with Crippen molar-refractivity contribution >= 4 is 29.3 Å². The second-order valence-corrected chi connectivity index (χ2v) is 7.08. The van der Waals surface area contributed by atoms with Crippen molar-refractivity contribution in [2.24, 2.45) is 0 Å². The molecule has 7 nitrogen and oxygen atoms in total. The first kappa shape index (κ1) is 22.7. The number of hydrogen-bond acceptors (Lipinski definition) is 6. The Balaban J connectivity index is 1.85. The van der Waals surface area contributed by atoms with Gasteiger partial charge in [-0.3, -0.25) is 4.79 Å². The van der Waals surface area contributed by atoms with Crippen LogP contribution >= 0.6 is 11.6 Å². The number of aryl methyl sites for hydroxylation is 2. The first-order chi connectivity index (χ1) is 15.3. The zero-order valence-electron chi connectivity index (χ0n) is 17.4. The number of carbonyl (C=O) groups is 1. The Morgan fingerprint density at radius 3 is 2.69 bits per heavy atom. The fraction of sp³-hybridized carbons (Fsp3) is 0.130. The number of hydrogen-bond donors (Lipinski definition) is 1. The van der Waals surface area contributed by atoms with Gasteiger partial charge in [0, 0.05) is 5.69 Å². The second kappa shape index (κ2) is 9.90. The van der Waals surface area contributed by atoms with E-state index in [4.69, 9.17) is 21.1 Å². The van der Waals surface area contributed by atoms with E-state index in [1.165, 1.54) is 25.3 Å². The molecule has 0 unspecified atom stereocenters. The number of ether oxygens (including phenoxy) is 2. The minimum Gasteiger partial charge on any atom is -0.493 e. The third-order valence-electron chi connectivity index (χ3n) is 4.38. The van der Waals surface area contributed by atoms with E-state index in [0.29, 0.717) is 11.3 Å². The smallest absolute Gasteiger partial charge is 0.266 e. The molecule has 1 amide bonds. The largest absolute Gasteiger partial charge is 0.493 e. The molecular weight excluding hydrogens is 435 g/mol. The fourth-order valence-corrected chi connectivity index (χ4v) is 2.95. The SMILES string of the molecule is COc1cc(/C=C(/C#N)C(=O)Nc2ccc(C)cc2C)ccc1Oc1nc(Cl)ncc1F. The highest BCUT2D eigenvalue weighted by atomic mass is 35.5. The van der Waals surface area contributed by atoms with Gasteiger partial charge in [0.25, 0.3) is 11.8 Å². The lowest BCUT2D eigenvalue weighted by Crippen LogP contribution is -2.14. The van der Waals surface area contributed by atoms with E-state index >= 15 is 0 Å². The molecule has 0 saturated heterocycles. The summed E-state index contributed by atoms with van der Waals surface area (Å²) in [5.74, 6) is -1.31. The zero-order chi connectivity index (χ0) is 23.3. The number of nitrogens with zero attached hydrogens (tertiary/aromatic N) is 3. The van der Waals surface area contributed by atoms with Crippen molar-refractivity contribution < 1.29 is 18.7 Å². The molecule has 0 fully saturated rings. The van der Waals surface area contributed by atoms with Crippen molar-refractivity contribution in [3.8, 4) is 23.4 Å². The number of anilines is 1. The Morgan fingerprint density at radius 1 is 1.22 bits per heavy atom. The van der Waals surface area contributed by atoms with Crippen LogP contribution in [0.4, 0.5) is 10.1 Å². The van der Waals surface area contributed by atoms with Crippen molar-refractivity contribution in [2.45, 2.75) is 13.8 Å². The van der Waals surface area contributed by atoms with Gasteiger partial charge in [-0.15, -0.1) is 0 Å². The van der Waals surface area contributed by atoms with Crippen molar-refractivity contribution in [1.29, 1.82) is 5.26 Å². The average Bonchev–Trinajstić information content (AvgIpc) is 2.77. The van der Waals surface area contributed by atoms with E-state index in [1.54, 1.807) is 12.1 Å². The van der Waals surface area contributed by atoms with Crippen LogP contribution in [0.2, 0.25) is 5.28 Å². The van der Waals surface area contributed by atoms with Crippen LogP contribution in [-0.2, 0) is 4.79 Å². The standard InChI is InChI=1S/C23H18ClFN4O3/c1-13-4-6-18(14(2)8-13)28-21(30)16(11-26)9-15-5-7-19(20(10-15)31-3)32-22-17(25)12-27-23(24)29-22/h4-10,12H,1-3H3,(H,28,30)/b16-9-. The topological polar surface area (TPSA) is 97.1 Å². The molecule has 32 heavy (non-hydrogen) atoms. The first-order valence-corrected chi connectivity index (χ1v) is 9.73. The molecule has 162 valence electrons. The van der Waals surface area contributed by atoms with Gasteiger partial charge < -0.3 is 14.8 Å². The molecule has 1 heterocycles. The molecule has 0 spiro atoms. The third-order valence-corrected chi connectivity index (χ3v) is 4.57. The zero-order valence-corrected chi connectivity index (χ0v) is 18.2. The molecule has 2 aromatic carbocycles. The van der Waals surface area contributed by atoms with Gasteiger partial charge >= 0.3 is 0 Å². The Morgan fingerprint density at radius 2 is 2.00 bits per heavy atom. The van der Waals surface area contributed by atoms with Crippen LogP contribution in [-0.4, -0.2) is 23.0 Å². The quantitative estimate of drug-likeness (QED) is 0.312. The Bertz CT molecular complexity index is 1250. The molecule has 0 radical (unpaired) electrons. The normalized spacial score (nSPS) is 10.9. The van der Waals surface area contributed by atoms with E-state index in [-0.39, 0.29) is 28.2 Å². The number of nitrogens with one attached hydrogen (secondary N) is 1. The average molecular weight is 453 g/mol. The molecule has 3 aromatic rings. The summed E-state index contributed by atoms with van der Waals surface area (Å²) in [7, 11) is 1.40. The van der Waals surface area contributed by atoms with E-state index in [1.807, 2.05) is 32.0 Å². The Hall–Kier alpha value is -3.96. The lowest BCUT2D eigenvalue weighted by atomic mass is 10.1. The van der Waals surface area contributed by atoms with Crippen LogP contribution in [0.5, 0.6) is 17.4 Å². The summed E-state index contributed by atoms with van der Waals surface area (Å²) >= 11 is 5.68. The third kappa shape index (κ3) is 5.39. The van der Waals surface area contributed by atoms with E-state index < -0.39 is 11.7 Å². The molecular formula is C23H18ClFN4O3. The fourth-order valence-electron chi connectivity index (χ4n) is 2.82. The Kier molecular flexibility index (Phi) is 7.03. The number of benzene rings is 2. The maximum Gasteiger partial charge on any atom is 0.266 e. The number of amides is 1. The van der Waals surface area contributed by atoms with Gasteiger partial charge in [0.15, 0.2) is 11.5 Å². The summed E-state index contributed by atoms with van der Waals surface area (Å²) in [6, 6.07) is 12.1. The number of nitriles is 1. The van der Waals surface area contributed by atoms with Gasteiger partial charge in [-0.2, -0.15) is 14.6 Å². The van der Waals surface area contributed by atoms with Gasteiger partial charge in [0.1, 0.15) is 11.6 Å². The summed E-state index contributed by atoms with van der Waals surface area (Å²) in [5, 5.41) is 12.0. The van der Waals surface area contributed by atoms with Gasteiger partial charge in [-0.25, -0.2) is 4.98 Å². The summed E-state index contributed by atoms with van der Waals surface area (Å²) in [4.78, 5) is 19.8. The van der Waals surface area contributed by atoms with Crippen LogP contribution < -0.4 is 14.8 Å². The van der Waals surface area contributed by atoms with E-state index in [2.05, 4.69) is 15.3 Å². The lowest BCUT2D eigenvalue weighted by Gasteiger charge is -2.11. The number of rotatable bonds is 6. The summed E-state index contributed by atoms with van der Waals surface area (Å²) in [5.41, 5.74) is 2.97. The summed E-state index contributed by atoms with van der Waals surface area (Å²) < 4.78 is 24.6. The van der Waals surface area contributed by atoms with Gasteiger partial charge in [-0.1, -0.05) is 23.8 Å². The molecule has 1 aromatic heterocycles. The maximum absolute atomic E-state index is 13.9. The predicted molar refractivity (Wildman–Crippen MR) is 118 cm³/mol.